The van der Waals surface area contributed by atoms with Gasteiger partial charge in [0.2, 0.25) is 10.0 Å². The van der Waals surface area contributed by atoms with Gasteiger partial charge in [0.25, 0.3) is 0 Å². The number of nitrogens with zero attached hydrogens (tertiary/aromatic N) is 2. The zero-order valence-electron chi connectivity index (χ0n) is 12.9. The van der Waals surface area contributed by atoms with Gasteiger partial charge < -0.3 is 9.64 Å². The predicted octanol–water partition coefficient (Wildman–Crippen LogP) is 2.92. The second-order valence-corrected chi connectivity index (χ2v) is 7.76. The maximum atomic E-state index is 12.6. The third-order valence-electron chi connectivity index (χ3n) is 2.90. The summed E-state index contributed by atoms with van der Waals surface area (Å²) in [4.78, 5) is 1.27. The average Bonchev–Trinajstić information content (AvgIpc) is 2.36. The lowest BCUT2D eigenvalue weighted by Crippen LogP contribution is -2.36. The molecule has 10 heteroatoms. The summed E-state index contributed by atoms with van der Waals surface area (Å²) in [7, 11) is -0.554. The molecule has 132 valence electrons. The first kappa shape index (κ1) is 20.2. The van der Waals surface area contributed by atoms with Crippen molar-refractivity contribution in [3.63, 3.8) is 0 Å². The van der Waals surface area contributed by atoms with Crippen molar-refractivity contribution >= 4 is 26.0 Å². The number of likely N-dealkylation sites (N-methyl/N-ethyl adjacent to an activating group) is 2. The molecule has 1 rings (SSSR count). The third-order valence-corrected chi connectivity index (χ3v) is 5.41. The third kappa shape index (κ3) is 5.94. The summed E-state index contributed by atoms with van der Waals surface area (Å²) in [5.41, 5.74) is 0. The highest BCUT2D eigenvalue weighted by Gasteiger charge is 2.35. The fraction of sp³-hybridized carbons (Fsp3) is 0.538. The van der Waals surface area contributed by atoms with Crippen molar-refractivity contribution in [2.45, 2.75) is 18.2 Å². The molecule has 1 aromatic carbocycles. The number of hydrogen-bond acceptors (Lipinski definition) is 4. The molecule has 0 atom stereocenters. The lowest BCUT2D eigenvalue weighted by Gasteiger charge is -2.23. The summed E-state index contributed by atoms with van der Waals surface area (Å²) in [5, 5.41) is 0. The smallest absolute Gasteiger partial charge is 0.404 e. The van der Waals surface area contributed by atoms with E-state index in [9.17, 15) is 21.6 Å². The van der Waals surface area contributed by atoms with Crippen molar-refractivity contribution in [1.82, 2.24) is 9.21 Å². The molecule has 0 aromatic heterocycles. The number of benzene rings is 1. The van der Waals surface area contributed by atoms with Crippen LogP contribution in [-0.4, -0.2) is 57.7 Å². The van der Waals surface area contributed by atoms with E-state index in [2.05, 4.69) is 20.7 Å². The minimum Gasteiger partial charge on any atom is -0.404 e. The number of ether oxygens (including phenoxy) is 1. The lowest BCUT2D eigenvalue weighted by atomic mass is 10.3. The maximum Gasteiger partial charge on any atom is 0.573 e. The normalized spacial score (nSPS) is 12.9. The fourth-order valence-electron chi connectivity index (χ4n) is 1.80. The second-order valence-electron chi connectivity index (χ2n) is 4.94. The average molecular weight is 419 g/mol. The standard InChI is InChI=1S/C13H18BrF3N2O3S/c1-4-19(8-7-18(2)3)23(20,21)12-6-5-10(14)9-11(12)22-13(15,16)17/h5-6,9H,4,7-8H2,1-3H3. The molecule has 1 aromatic rings. The van der Waals surface area contributed by atoms with E-state index in [1.807, 2.05) is 0 Å². The minimum atomic E-state index is -4.98. The molecule has 0 aliphatic carbocycles. The molecule has 0 amide bonds. The lowest BCUT2D eigenvalue weighted by molar-refractivity contribution is -0.275. The van der Waals surface area contributed by atoms with Crippen LogP contribution < -0.4 is 4.74 Å². The Bertz CT molecular complexity index is 636. The molecule has 0 spiro atoms. The molecular formula is C13H18BrF3N2O3S. The van der Waals surface area contributed by atoms with Gasteiger partial charge >= 0.3 is 6.36 Å². The van der Waals surface area contributed by atoms with Crippen LogP contribution >= 0.6 is 15.9 Å². The van der Waals surface area contributed by atoms with Crippen LogP contribution in [0.5, 0.6) is 5.75 Å². The van der Waals surface area contributed by atoms with Gasteiger partial charge in [-0.05, 0) is 32.3 Å². The Balaban J connectivity index is 3.25. The van der Waals surface area contributed by atoms with Gasteiger partial charge in [0.05, 0.1) is 0 Å². The molecular weight excluding hydrogens is 401 g/mol. The van der Waals surface area contributed by atoms with Crippen LogP contribution in [0.25, 0.3) is 0 Å². The van der Waals surface area contributed by atoms with Crippen LogP contribution in [0.1, 0.15) is 6.92 Å². The molecule has 5 nitrogen and oxygen atoms in total. The van der Waals surface area contributed by atoms with E-state index >= 15 is 0 Å². The zero-order valence-corrected chi connectivity index (χ0v) is 15.3. The van der Waals surface area contributed by atoms with E-state index in [0.29, 0.717) is 6.54 Å². The van der Waals surface area contributed by atoms with E-state index < -0.39 is 27.0 Å². The van der Waals surface area contributed by atoms with Gasteiger partial charge in [-0.3, -0.25) is 0 Å². The van der Waals surface area contributed by atoms with Gasteiger partial charge in [0.1, 0.15) is 4.90 Å². The van der Waals surface area contributed by atoms with Crippen LogP contribution in [0.4, 0.5) is 13.2 Å². The predicted molar refractivity (Wildman–Crippen MR) is 83.8 cm³/mol. The van der Waals surface area contributed by atoms with Gasteiger partial charge in [0, 0.05) is 24.1 Å². The summed E-state index contributed by atoms with van der Waals surface area (Å²) < 4.78 is 68.1. The van der Waals surface area contributed by atoms with Gasteiger partial charge in [0.15, 0.2) is 5.75 Å². The molecule has 23 heavy (non-hydrogen) atoms. The van der Waals surface area contributed by atoms with Crippen LogP contribution in [0.3, 0.4) is 0 Å². The van der Waals surface area contributed by atoms with Gasteiger partial charge in [-0.2, -0.15) is 4.31 Å². The monoisotopic (exact) mass is 418 g/mol. The molecule has 0 fully saturated rings. The van der Waals surface area contributed by atoms with E-state index in [-0.39, 0.29) is 17.6 Å². The van der Waals surface area contributed by atoms with Crippen molar-refractivity contribution in [3.8, 4) is 5.75 Å². The summed E-state index contributed by atoms with van der Waals surface area (Å²) in [6.45, 7) is 2.36. The SMILES string of the molecule is CCN(CCN(C)C)S(=O)(=O)c1ccc(Br)cc1OC(F)(F)F. The van der Waals surface area contributed by atoms with E-state index in [0.717, 1.165) is 16.4 Å². The Morgan fingerprint density at radius 2 is 1.83 bits per heavy atom. The highest BCUT2D eigenvalue weighted by molar-refractivity contribution is 9.10. The highest BCUT2D eigenvalue weighted by Crippen LogP contribution is 2.33. The Morgan fingerprint density at radius 1 is 1.22 bits per heavy atom. The first-order chi connectivity index (χ1) is 10.5. The topological polar surface area (TPSA) is 49.9 Å². The van der Waals surface area contributed by atoms with Crippen LogP contribution in [0, 0.1) is 0 Å². The fourth-order valence-corrected chi connectivity index (χ4v) is 3.67. The van der Waals surface area contributed by atoms with E-state index in [1.54, 1.807) is 25.9 Å². The molecule has 0 aliphatic rings. The molecule has 0 saturated carbocycles. The Morgan fingerprint density at radius 3 is 2.30 bits per heavy atom. The van der Waals surface area contributed by atoms with Gasteiger partial charge in [-0.25, -0.2) is 8.42 Å². The Hall–Kier alpha value is -0.840. The molecule has 0 unspecified atom stereocenters. The number of rotatable bonds is 7. The van der Waals surface area contributed by atoms with Crippen molar-refractivity contribution in [3.05, 3.63) is 22.7 Å². The van der Waals surface area contributed by atoms with Crippen molar-refractivity contribution in [2.24, 2.45) is 0 Å². The van der Waals surface area contributed by atoms with E-state index in [1.165, 1.54) is 6.07 Å². The summed E-state index contributed by atoms with van der Waals surface area (Å²) >= 11 is 3.01. The molecule has 0 heterocycles. The first-order valence-corrected chi connectivity index (χ1v) is 8.91. The number of sulfonamides is 1. The minimum absolute atomic E-state index is 0.137. The summed E-state index contributed by atoms with van der Waals surface area (Å²) in [6, 6.07) is 3.44. The van der Waals surface area contributed by atoms with Gasteiger partial charge in [-0.1, -0.05) is 22.9 Å². The van der Waals surface area contributed by atoms with Crippen molar-refractivity contribution in [1.29, 1.82) is 0 Å². The Labute approximate surface area is 142 Å². The van der Waals surface area contributed by atoms with Gasteiger partial charge in [-0.15, -0.1) is 13.2 Å². The number of hydrogen-bond donors (Lipinski definition) is 0. The quantitative estimate of drug-likeness (QED) is 0.682. The molecule has 0 aliphatic heterocycles. The zero-order chi connectivity index (χ0) is 17.8. The molecule has 0 bridgehead atoms. The largest absolute Gasteiger partial charge is 0.573 e. The summed E-state index contributed by atoms with van der Waals surface area (Å²) in [5.74, 6) is -0.754. The molecule has 0 radical (unpaired) electrons. The molecule has 0 saturated heterocycles. The van der Waals surface area contributed by atoms with E-state index in [4.69, 9.17) is 0 Å². The highest BCUT2D eigenvalue weighted by atomic mass is 79.9. The number of halogens is 4. The second kappa shape index (κ2) is 7.82. The Kier molecular flexibility index (Phi) is 6.87. The number of alkyl halides is 3. The maximum absolute atomic E-state index is 12.6. The van der Waals surface area contributed by atoms with Crippen LogP contribution in [0.2, 0.25) is 0 Å². The first-order valence-electron chi connectivity index (χ1n) is 6.67. The van der Waals surface area contributed by atoms with Crippen molar-refractivity contribution < 1.29 is 26.3 Å². The molecule has 0 N–H and O–H groups in total. The van der Waals surface area contributed by atoms with Crippen molar-refractivity contribution in [2.75, 3.05) is 33.7 Å². The summed E-state index contributed by atoms with van der Waals surface area (Å²) in [6.07, 6.45) is -4.98. The van der Waals surface area contributed by atoms with Crippen LogP contribution in [-0.2, 0) is 10.0 Å². The van der Waals surface area contributed by atoms with Crippen LogP contribution in [0.15, 0.2) is 27.6 Å².